The molecule has 0 saturated heterocycles. The van der Waals surface area contributed by atoms with Crippen molar-refractivity contribution in [1.82, 2.24) is 4.90 Å². The van der Waals surface area contributed by atoms with Gasteiger partial charge in [0.1, 0.15) is 0 Å². The molecule has 3 rings (SSSR count). The molecule has 2 nitrogen and oxygen atoms in total. The SMILES string of the molecule is CCCCN(CCCC)C(C)C(=O)c1ccc2cc(Br)c3ccccc3c2c1. The molecule has 28 heavy (non-hydrogen) atoms. The smallest absolute Gasteiger partial charge is 0.179 e. The number of ketones is 1. The second-order valence-corrected chi connectivity index (χ2v) is 8.48. The summed E-state index contributed by atoms with van der Waals surface area (Å²) in [5.74, 6) is 0.223. The molecule has 1 atom stereocenters. The minimum absolute atomic E-state index is 0.0859. The largest absolute Gasteiger partial charge is 0.294 e. The number of carbonyl (C=O) groups is 1. The molecule has 0 saturated carbocycles. The number of benzene rings is 3. The van der Waals surface area contributed by atoms with Gasteiger partial charge in [-0.15, -0.1) is 0 Å². The van der Waals surface area contributed by atoms with Crippen LogP contribution in [0.2, 0.25) is 0 Å². The van der Waals surface area contributed by atoms with Crippen molar-refractivity contribution < 1.29 is 4.79 Å². The average Bonchev–Trinajstić information content (AvgIpc) is 2.73. The van der Waals surface area contributed by atoms with E-state index in [0.717, 1.165) is 59.6 Å². The minimum atomic E-state index is -0.0859. The molecule has 0 N–H and O–H groups in total. The molecule has 1 unspecified atom stereocenters. The summed E-state index contributed by atoms with van der Waals surface area (Å²) in [4.78, 5) is 15.7. The van der Waals surface area contributed by atoms with E-state index in [9.17, 15) is 4.79 Å². The molecule has 3 aromatic rings. The van der Waals surface area contributed by atoms with E-state index in [1.807, 2.05) is 6.07 Å². The van der Waals surface area contributed by atoms with Crippen LogP contribution < -0.4 is 0 Å². The Balaban J connectivity index is 1.96. The van der Waals surface area contributed by atoms with Crippen molar-refractivity contribution >= 4 is 43.3 Å². The topological polar surface area (TPSA) is 20.3 Å². The van der Waals surface area contributed by atoms with Gasteiger partial charge in [-0.2, -0.15) is 0 Å². The second-order valence-electron chi connectivity index (χ2n) is 7.62. The van der Waals surface area contributed by atoms with E-state index in [4.69, 9.17) is 0 Å². The Kier molecular flexibility index (Phi) is 7.25. The highest BCUT2D eigenvalue weighted by molar-refractivity contribution is 9.10. The summed E-state index contributed by atoms with van der Waals surface area (Å²) in [5, 5.41) is 4.66. The van der Waals surface area contributed by atoms with Crippen molar-refractivity contribution in [2.24, 2.45) is 0 Å². The highest BCUT2D eigenvalue weighted by atomic mass is 79.9. The first kappa shape index (κ1) is 21.0. The van der Waals surface area contributed by atoms with E-state index >= 15 is 0 Å². The van der Waals surface area contributed by atoms with Crippen molar-refractivity contribution in [1.29, 1.82) is 0 Å². The number of fused-ring (bicyclic) bond motifs is 3. The van der Waals surface area contributed by atoms with Gasteiger partial charge in [-0.3, -0.25) is 9.69 Å². The van der Waals surface area contributed by atoms with Gasteiger partial charge in [-0.1, -0.05) is 79.0 Å². The first-order valence-corrected chi connectivity index (χ1v) is 11.2. The molecule has 0 aliphatic rings. The molecule has 0 heterocycles. The lowest BCUT2D eigenvalue weighted by Crippen LogP contribution is -2.40. The fraction of sp³-hybridized carbons (Fsp3) is 0.400. The zero-order valence-electron chi connectivity index (χ0n) is 17.2. The number of rotatable bonds is 9. The van der Waals surface area contributed by atoms with E-state index in [0.29, 0.717) is 0 Å². The molecule has 3 heteroatoms. The first-order chi connectivity index (χ1) is 13.6. The standard InChI is InChI=1S/C25H30BrNO/c1-4-6-14-27(15-7-5-2)18(3)25(28)20-13-12-19-17-24(26)22-11-9-8-10-21(22)23(19)16-20/h8-13,16-18H,4-7,14-15H2,1-3H3. The number of halogens is 1. The lowest BCUT2D eigenvalue weighted by atomic mass is 9.96. The van der Waals surface area contributed by atoms with Crippen LogP contribution in [0, 0.1) is 0 Å². The number of hydrogen-bond donors (Lipinski definition) is 0. The van der Waals surface area contributed by atoms with Crippen molar-refractivity contribution in [2.45, 2.75) is 52.5 Å². The fourth-order valence-corrected chi connectivity index (χ4v) is 4.43. The van der Waals surface area contributed by atoms with Crippen LogP contribution in [0.5, 0.6) is 0 Å². The monoisotopic (exact) mass is 439 g/mol. The van der Waals surface area contributed by atoms with Crippen molar-refractivity contribution in [3.8, 4) is 0 Å². The van der Waals surface area contributed by atoms with Crippen LogP contribution in [0.15, 0.2) is 53.0 Å². The molecule has 0 aliphatic carbocycles. The van der Waals surface area contributed by atoms with Gasteiger partial charge >= 0.3 is 0 Å². The highest BCUT2D eigenvalue weighted by Crippen LogP contribution is 2.32. The number of unbranched alkanes of at least 4 members (excludes halogenated alkanes) is 2. The molecule has 0 aromatic heterocycles. The van der Waals surface area contributed by atoms with Gasteiger partial charge in [0.15, 0.2) is 5.78 Å². The third kappa shape index (κ3) is 4.47. The molecule has 0 radical (unpaired) electrons. The predicted molar refractivity (Wildman–Crippen MR) is 124 cm³/mol. The van der Waals surface area contributed by atoms with Gasteiger partial charge in [0.2, 0.25) is 0 Å². The molecular formula is C25H30BrNO. The number of carbonyl (C=O) groups excluding carboxylic acids is 1. The van der Waals surface area contributed by atoms with Crippen LogP contribution in [0.4, 0.5) is 0 Å². The van der Waals surface area contributed by atoms with Crippen LogP contribution >= 0.6 is 15.9 Å². The van der Waals surface area contributed by atoms with Crippen molar-refractivity contribution in [3.05, 3.63) is 58.6 Å². The van der Waals surface area contributed by atoms with Crippen LogP contribution in [-0.4, -0.2) is 29.8 Å². The molecule has 0 amide bonds. The Morgan fingerprint density at radius 2 is 1.57 bits per heavy atom. The van der Waals surface area contributed by atoms with Crippen LogP contribution in [0.25, 0.3) is 21.5 Å². The van der Waals surface area contributed by atoms with Gasteiger partial charge in [-0.05, 0) is 66.5 Å². The lowest BCUT2D eigenvalue weighted by Gasteiger charge is -2.28. The Morgan fingerprint density at radius 3 is 2.21 bits per heavy atom. The summed E-state index contributed by atoms with van der Waals surface area (Å²) in [6, 6.07) is 16.6. The molecule has 0 spiro atoms. The van der Waals surface area contributed by atoms with Crippen molar-refractivity contribution in [3.63, 3.8) is 0 Å². The van der Waals surface area contributed by atoms with Crippen LogP contribution in [0.1, 0.15) is 56.8 Å². The number of Topliss-reactive ketones (excluding diaryl/α,β-unsaturated/α-hetero) is 1. The summed E-state index contributed by atoms with van der Waals surface area (Å²) in [6.07, 6.45) is 4.58. The maximum atomic E-state index is 13.3. The van der Waals surface area contributed by atoms with Gasteiger partial charge in [0.05, 0.1) is 6.04 Å². The maximum absolute atomic E-state index is 13.3. The molecule has 3 aromatic carbocycles. The zero-order valence-corrected chi connectivity index (χ0v) is 18.8. The molecule has 0 bridgehead atoms. The van der Waals surface area contributed by atoms with Gasteiger partial charge < -0.3 is 0 Å². The molecular weight excluding hydrogens is 410 g/mol. The minimum Gasteiger partial charge on any atom is -0.294 e. The molecule has 0 fully saturated rings. The van der Waals surface area contributed by atoms with Gasteiger partial charge in [0.25, 0.3) is 0 Å². The molecule has 148 valence electrons. The Labute approximate surface area is 177 Å². The number of nitrogens with zero attached hydrogens (tertiary/aromatic N) is 1. The van der Waals surface area contributed by atoms with E-state index in [1.165, 1.54) is 10.8 Å². The Bertz CT molecular complexity index is 957. The van der Waals surface area contributed by atoms with Crippen LogP contribution in [-0.2, 0) is 0 Å². The van der Waals surface area contributed by atoms with Gasteiger partial charge in [-0.25, -0.2) is 0 Å². The van der Waals surface area contributed by atoms with Crippen molar-refractivity contribution in [2.75, 3.05) is 13.1 Å². The normalized spacial score (nSPS) is 12.8. The predicted octanol–water partition coefficient (Wildman–Crippen LogP) is 7.23. The van der Waals surface area contributed by atoms with E-state index < -0.39 is 0 Å². The third-order valence-corrected chi connectivity index (χ3v) is 6.28. The van der Waals surface area contributed by atoms with E-state index in [2.05, 4.69) is 84.1 Å². The summed E-state index contributed by atoms with van der Waals surface area (Å²) < 4.78 is 1.09. The summed E-state index contributed by atoms with van der Waals surface area (Å²) in [7, 11) is 0. The fourth-order valence-electron chi connectivity index (χ4n) is 3.84. The van der Waals surface area contributed by atoms with Crippen LogP contribution in [0.3, 0.4) is 0 Å². The van der Waals surface area contributed by atoms with E-state index in [1.54, 1.807) is 0 Å². The van der Waals surface area contributed by atoms with E-state index in [-0.39, 0.29) is 11.8 Å². The quantitative estimate of drug-likeness (QED) is 0.258. The van der Waals surface area contributed by atoms with Gasteiger partial charge in [0, 0.05) is 10.0 Å². The average molecular weight is 440 g/mol. The number of hydrogen-bond acceptors (Lipinski definition) is 2. The maximum Gasteiger partial charge on any atom is 0.179 e. The first-order valence-electron chi connectivity index (χ1n) is 10.5. The molecule has 0 aliphatic heterocycles. The summed E-state index contributed by atoms with van der Waals surface area (Å²) in [5.41, 5.74) is 0.811. The second kappa shape index (κ2) is 9.67. The summed E-state index contributed by atoms with van der Waals surface area (Å²) >= 11 is 3.68. The third-order valence-electron chi connectivity index (χ3n) is 5.62. The highest BCUT2D eigenvalue weighted by Gasteiger charge is 2.22. The lowest BCUT2D eigenvalue weighted by molar-refractivity contribution is 0.0833. The Hall–Kier alpha value is -1.71. The Morgan fingerprint density at radius 1 is 0.929 bits per heavy atom. The zero-order chi connectivity index (χ0) is 20.1. The summed E-state index contributed by atoms with van der Waals surface area (Å²) in [6.45, 7) is 8.46.